The van der Waals surface area contributed by atoms with Gasteiger partial charge < -0.3 is 5.11 Å². The molecule has 0 radical (unpaired) electrons. The Balaban J connectivity index is 3.20. The van der Waals surface area contributed by atoms with Gasteiger partial charge in [-0.2, -0.15) is 4.39 Å². The first kappa shape index (κ1) is 7.46. The quantitative estimate of drug-likeness (QED) is 0.494. The topological polar surface area (TPSA) is 63.4 Å². The Kier molecular flexibility index (Phi) is 1.72. The van der Waals surface area contributed by atoms with Crippen molar-refractivity contribution in [1.29, 1.82) is 0 Å². The Morgan fingerprint density at radius 2 is 2.18 bits per heavy atom. The SMILES string of the molecule is O=[N+]([O-])c1ccc(O)cc1[18F]. The zero-order chi connectivity index (χ0) is 8.43. The first-order valence-electron chi connectivity index (χ1n) is 2.74. The fourth-order valence-electron chi connectivity index (χ4n) is 0.644. The van der Waals surface area contributed by atoms with E-state index in [0.29, 0.717) is 6.07 Å². The molecule has 58 valence electrons. The minimum Gasteiger partial charge on any atom is -0.508 e. The zero-order valence-electron chi connectivity index (χ0n) is 5.32. The van der Waals surface area contributed by atoms with E-state index in [1.165, 1.54) is 0 Å². The molecule has 0 aliphatic heterocycles. The Morgan fingerprint density at radius 1 is 1.55 bits per heavy atom. The van der Waals surface area contributed by atoms with Crippen LogP contribution in [0.15, 0.2) is 18.2 Å². The summed E-state index contributed by atoms with van der Waals surface area (Å²) in [6, 6.07) is 2.66. The molecule has 0 amide bonds. The Labute approximate surface area is 61.0 Å². The molecule has 0 bridgehead atoms. The monoisotopic (exact) mass is 156 g/mol. The maximum absolute atomic E-state index is 12.5. The molecule has 4 nitrogen and oxygen atoms in total. The van der Waals surface area contributed by atoms with Crippen LogP contribution in [-0.2, 0) is 0 Å². The second kappa shape index (κ2) is 2.53. The van der Waals surface area contributed by atoms with Crippen LogP contribution in [0.5, 0.6) is 5.75 Å². The van der Waals surface area contributed by atoms with Gasteiger partial charge in [0.1, 0.15) is 5.75 Å². The molecule has 0 unspecified atom stereocenters. The van der Waals surface area contributed by atoms with E-state index in [-0.39, 0.29) is 5.75 Å². The third kappa shape index (κ3) is 1.43. The average Bonchev–Trinajstić information content (AvgIpc) is 1.85. The van der Waals surface area contributed by atoms with Gasteiger partial charge in [-0.05, 0) is 6.07 Å². The summed E-state index contributed by atoms with van der Waals surface area (Å²) < 4.78 is 12.5. The lowest BCUT2D eigenvalue weighted by Gasteiger charge is -1.93. The number of hydrogen-bond donors (Lipinski definition) is 1. The largest absolute Gasteiger partial charge is 0.508 e. The van der Waals surface area contributed by atoms with Crippen molar-refractivity contribution in [3.05, 3.63) is 34.1 Å². The number of nitrogens with zero attached hydrogens (tertiary/aromatic N) is 1. The third-order valence-corrected chi connectivity index (χ3v) is 1.13. The van der Waals surface area contributed by atoms with Crippen molar-refractivity contribution in [1.82, 2.24) is 0 Å². The second-order valence-electron chi connectivity index (χ2n) is 1.89. The van der Waals surface area contributed by atoms with Crippen LogP contribution in [0.1, 0.15) is 0 Å². The molecule has 0 saturated heterocycles. The van der Waals surface area contributed by atoms with Gasteiger partial charge in [0, 0.05) is 12.1 Å². The summed E-state index contributed by atoms with van der Waals surface area (Å²) >= 11 is 0. The minimum absolute atomic E-state index is 0.326. The van der Waals surface area contributed by atoms with Crippen molar-refractivity contribution in [3.63, 3.8) is 0 Å². The second-order valence-corrected chi connectivity index (χ2v) is 1.89. The zero-order valence-corrected chi connectivity index (χ0v) is 5.32. The van der Waals surface area contributed by atoms with E-state index in [1.807, 2.05) is 0 Å². The van der Waals surface area contributed by atoms with E-state index in [0.717, 1.165) is 12.1 Å². The lowest BCUT2D eigenvalue weighted by molar-refractivity contribution is -0.387. The van der Waals surface area contributed by atoms with Crippen LogP contribution in [0.25, 0.3) is 0 Å². The molecule has 0 saturated carbocycles. The number of nitro groups is 1. The number of halogens is 1. The van der Waals surface area contributed by atoms with E-state index < -0.39 is 16.4 Å². The van der Waals surface area contributed by atoms with Crippen molar-refractivity contribution in [2.45, 2.75) is 0 Å². The van der Waals surface area contributed by atoms with E-state index in [4.69, 9.17) is 5.11 Å². The van der Waals surface area contributed by atoms with E-state index in [1.54, 1.807) is 0 Å². The fourth-order valence-corrected chi connectivity index (χ4v) is 0.644. The Bertz CT molecular complexity index is 300. The first-order valence-corrected chi connectivity index (χ1v) is 2.74. The van der Waals surface area contributed by atoms with Gasteiger partial charge in [0.2, 0.25) is 5.82 Å². The summed E-state index contributed by atoms with van der Waals surface area (Å²) in [6.07, 6.45) is 0. The van der Waals surface area contributed by atoms with Gasteiger partial charge in [-0.25, -0.2) is 0 Å². The van der Waals surface area contributed by atoms with Crippen LogP contribution in [-0.4, -0.2) is 10.0 Å². The minimum atomic E-state index is -1.03. The molecule has 0 fully saturated rings. The smallest absolute Gasteiger partial charge is 0.305 e. The van der Waals surface area contributed by atoms with Crippen molar-refractivity contribution in [3.8, 4) is 5.75 Å². The highest BCUT2D eigenvalue weighted by Crippen LogP contribution is 2.20. The average molecular weight is 156 g/mol. The van der Waals surface area contributed by atoms with Crippen LogP contribution in [0.3, 0.4) is 0 Å². The Hall–Kier alpha value is -1.65. The number of aromatic hydroxyl groups is 1. The molecular weight excluding hydrogens is 152 g/mol. The lowest BCUT2D eigenvalue weighted by Crippen LogP contribution is -1.90. The molecule has 0 aromatic heterocycles. The third-order valence-electron chi connectivity index (χ3n) is 1.13. The van der Waals surface area contributed by atoms with E-state index in [9.17, 15) is 14.5 Å². The molecule has 5 heteroatoms. The van der Waals surface area contributed by atoms with Crippen LogP contribution in [0, 0.1) is 15.9 Å². The normalized spacial score (nSPS) is 9.55. The van der Waals surface area contributed by atoms with Crippen LogP contribution in [0.4, 0.5) is 10.1 Å². The summed E-state index contributed by atoms with van der Waals surface area (Å²) in [5.41, 5.74) is -0.636. The first-order chi connectivity index (χ1) is 5.11. The molecule has 0 spiro atoms. The standard InChI is InChI=1S/C6H4FNO3/c7-5-3-4(9)1-2-6(5)8(10)11/h1-3,9H/i7-1. The molecule has 1 aromatic carbocycles. The maximum atomic E-state index is 12.5. The van der Waals surface area contributed by atoms with Crippen molar-refractivity contribution in [2.24, 2.45) is 0 Å². The van der Waals surface area contributed by atoms with Gasteiger partial charge in [-0.15, -0.1) is 0 Å². The molecule has 0 aliphatic rings. The van der Waals surface area contributed by atoms with Crippen molar-refractivity contribution < 1.29 is 14.4 Å². The number of hydrogen-bond acceptors (Lipinski definition) is 3. The van der Waals surface area contributed by atoms with Gasteiger partial charge in [-0.1, -0.05) is 0 Å². The number of rotatable bonds is 1. The van der Waals surface area contributed by atoms with Gasteiger partial charge in [-0.3, -0.25) is 10.1 Å². The van der Waals surface area contributed by atoms with Gasteiger partial charge in [0.15, 0.2) is 0 Å². The van der Waals surface area contributed by atoms with Crippen LogP contribution in [0.2, 0.25) is 0 Å². The summed E-state index contributed by atoms with van der Waals surface area (Å²) in [4.78, 5) is 9.16. The summed E-state index contributed by atoms with van der Waals surface area (Å²) in [5, 5.41) is 18.7. The predicted octanol–water partition coefficient (Wildman–Crippen LogP) is 1.44. The highest BCUT2D eigenvalue weighted by atomic mass is 18.2. The Morgan fingerprint density at radius 3 is 2.64 bits per heavy atom. The maximum Gasteiger partial charge on any atom is 0.305 e. The van der Waals surface area contributed by atoms with Crippen LogP contribution < -0.4 is 0 Å². The predicted molar refractivity (Wildman–Crippen MR) is 34.7 cm³/mol. The number of phenolic OH excluding ortho intramolecular Hbond substituents is 1. The highest BCUT2D eigenvalue weighted by Gasteiger charge is 2.12. The molecule has 0 atom stereocenters. The highest BCUT2D eigenvalue weighted by molar-refractivity contribution is 5.37. The molecule has 0 heterocycles. The van der Waals surface area contributed by atoms with Gasteiger partial charge in [0.25, 0.3) is 0 Å². The molecule has 1 N–H and O–H groups in total. The lowest BCUT2D eigenvalue weighted by atomic mass is 10.3. The number of nitro benzene ring substituents is 1. The number of benzene rings is 1. The van der Waals surface area contributed by atoms with Crippen LogP contribution >= 0.6 is 0 Å². The fraction of sp³-hybridized carbons (Fsp3) is 0. The molecule has 0 aliphatic carbocycles. The molecule has 1 rings (SSSR count). The summed E-state index contributed by atoms with van der Waals surface area (Å²) in [7, 11) is 0. The van der Waals surface area contributed by atoms with Crippen molar-refractivity contribution >= 4 is 5.69 Å². The van der Waals surface area contributed by atoms with Crippen molar-refractivity contribution in [2.75, 3.05) is 0 Å². The van der Waals surface area contributed by atoms with E-state index >= 15 is 0 Å². The molecule has 11 heavy (non-hydrogen) atoms. The molecule has 1 aromatic rings. The van der Waals surface area contributed by atoms with Gasteiger partial charge >= 0.3 is 5.69 Å². The number of phenols is 1. The molecular formula is C6H4FNO3. The summed E-state index contributed by atoms with van der Waals surface area (Å²) in [5.74, 6) is -1.36. The van der Waals surface area contributed by atoms with Gasteiger partial charge in [0.05, 0.1) is 4.92 Å². The van der Waals surface area contributed by atoms with E-state index in [2.05, 4.69) is 0 Å². The summed E-state index contributed by atoms with van der Waals surface area (Å²) in [6.45, 7) is 0.